The van der Waals surface area contributed by atoms with Gasteiger partial charge in [0.1, 0.15) is 0 Å². The number of aliphatic hydroxyl groups is 1. The Hall–Kier alpha value is -0.860. The molecule has 1 rings (SSSR count). The summed E-state index contributed by atoms with van der Waals surface area (Å²) < 4.78 is 0. The number of nitrogens with one attached hydrogen (secondary N) is 1. The zero-order chi connectivity index (χ0) is 12.3. The van der Waals surface area contributed by atoms with Crippen LogP contribution in [0.15, 0.2) is 30.3 Å². The zero-order valence-electron chi connectivity index (χ0n) is 10.9. The molecule has 1 aromatic carbocycles. The molecular weight excluding hydrogens is 210 g/mol. The largest absolute Gasteiger partial charge is 0.393 e. The summed E-state index contributed by atoms with van der Waals surface area (Å²) in [4.78, 5) is 0. The molecule has 1 aromatic rings. The average Bonchev–Trinajstić information content (AvgIpc) is 2.33. The summed E-state index contributed by atoms with van der Waals surface area (Å²) in [5.74, 6) is 0. The Labute approximate surface area is 105 Å². The highest BCUT2D eigenvalue weighted by atomic mass is 16.3. The van der Waals surface area contributed by atoms with Crippen LogP contribution in [0.25, 0.3) is 0 Å². The summed E-state index contributed by atoms with van der Waals surface area (Å²) in [7, 11) is 0. The normalized spacial score (nSPS) is 12.6. The molecule has 0 aliphatic heterocycles. The Bertz CT molecular complexity index is 272. The first-order valence-corrected chi connectivity index (χ1v) is 6.72. The number of rotatable bonds is 9. The lowest BCUT2D eigenvalue weighted by Gasteiger charge is -2.06. The van der Waals surface area contributed by atoms with Crippen molar-refractivity contribution in [2.24, 2.45) is 0 Å². The quantitative estimate of drug-likeness (QED) is 0.645. The van der Waals surface area contributed by atoms with E-state index in [9.17, 15) is 0 Å². The van der Waals surface area contributed by atoms with Crippen molar-refractivity contribution in [2.45, 2.75) is 45.1 Å². The average molecular weight is 235 g/mol. The van der Waals surface area contributed by atoms with E-state index in [0.717, 1.165) is 25.9 Å². The van der Waals surface area contributed by atoms with E-state index in [4.69, 9.17) is 5.11 Å². The molecule has 17 heavy (non-hydrogen) atoms. The van der Waals surface area contributed by atoms with Crippen molar-refractivity contribution >= 4 is 0 Å². The van der Waals surface area contributed by atoms with Crippen LogP contribution in [0.5, 0.6) is 0 Å². The fourth-order valence-corrected chi connectivity index (χ4v) is 1.87. The Morgan fingerprint density at radius 2 is 1.76 bits per heavy atom. The number of aliphatic hydroxyl groups excluding tert-OH is 1. The summed E-state index contributed by atoms with van der Waals surface area (Å²) in [5, 5.41) is 12.5. The Morgan fingerprint density at radius 1 is 1.06 bits per heavy atom. The van der Waals surface area contributed by atoms with Crippen LogP contribution in [0.1, 0.15) is 38.2 Å². The van der Waals surface area contributed by atoms with Gasteiger partial charge in [0.25, 0.3) is 0 Å². The number of aryl methyl sites for hydroxylation is 1. The van der Waals surface area contributed by atoms with Crippen LogP contribution in [0.3, 0.4) is 0 Å². The van der Waals surface area contributed by atoms with Crippen molar-refractivity contribution in [1.29, 1.82) is 0 Å². The Kier molecular flexibility index (Phi) is 7.69. The van der Waals surface area contributed by atoms with Crippen molar-refractivity contribution in [3.05, 3.63) is 35.9 Å². The summed E-state index contributed by atoms with van der Waals surface area (Å²) in [6, 6.07) is 10.6. The van der Waals surface area contributed by atoms with Gasteiger partial charge in [-0.15, -0.1) is 0 Å². The van der Waals surface area contributed by atoms with Gasteiger partial charge in [0.15, 0.2) is 0 Å². The van der Waals surface area contributed by atoms with E-state index in [2.05, 4.69) is 35.6 Å². The predicted molar refractivity (Wildman–Crippen MR) is 73.2 cm³/mol. The van der Waals surface area contributed by atoms with Gasteiger partial charge in [-0.25, -0.2) is 0 Å². The molecule has 1 atom stereocenters. The first kappa shape index (κ1) is 14.2. The number of benzene rings is 1. The van der Waals surface area contributed by atoms with Gasteiger partial charge in [0, 0.05) is 0 Å². The van der Waals surface area contributed by atoms with Gasteiger partial charge in [-0.3, -0.25) is 0 Å². The molecule has 0 aliphatic rings. The molecule has 0 saturated carbocycles. The molecule has 2 nitrogen and oxygen atoms in total. The molecule has 1 unspecified atom stereocenters. The third-order valence-electron chi connectivity index (χ3n) is 2.89. The second kappa shape index (κ2) is 9.20. The molecule has 2 heteroatoms. The lowest BCUT2D eigenvalue weighted by molar-refractivity contribution is 0.181. The lowest BCUT2D eigenvalue weighted by atomic mass is 10.1. The number of unbranched alkanes of at least 4 members (excludes halogenated alkanes) is 1. The van der Waals surface area contributed by atoms with E-state index in [-0.39, 0.29) is 6.10 Å². The van der Waals surface area contributed by atoms with Crippen molar-refractivity contribution in [1.82, 2.24) is 5.32 Å². The van der Waals surface area contributed by atoms with Crippen LogP contribution < -0.4 is 5.32 Å². The highest BCUT2D eigenvalue weighted by Crippen LogP contribution is 2.03. The van der Waals surface area contributed by atoms with Crippen molar-refractivity contribution in [3.8, 4) is 0 Å². The minimum atomic E-state index is -0.158. The summed E-state index contributed by atoms with van der Waals surface area (Å²) in [5.41, 5.74) is 1.43. The van der Waals surface area contributed by atoms with E-state index in [1.807, 2.05) is 6.92 Å². The van der Waals surface area contributed by atoms with Gasteiger partial charge in [0.05, 0.1) is 6.10 Å². The second-order valence-corrected chi connectivity index (χ2v) is 4.68. The maximum absolute atomic E-state index is 9.09. The molecule has 0 spiro atoms. The summed E-state index contributed by atoms with van der Waals surface area (Å²) >= 11 is 0. The molecular formula is C15H25NO. The zero-order valence-corrected chi connectivity index (χ0v) is 10.9. The SMILES string of the molecule is CC(O)CCCNCCCCc1ccccc1. The van der Waals surface area contributed by atoms with Crippen molar-refractivity contribution in [3.63, 3.8) is 0 Å². The first-order valence-electron chi connectivity index (χ1n) is 6.72. The maximum atomic E-state index is 9.09. The molecule has 0 fully saturated rings. The molecule has 0 heterocycles. The minimum absolute atomic E-state index is 0.158. The third kappa shape index (κ3) is 7.94. The minimum Gasteiger partial charge on any atom is -0.393 e. The molecule has 2 N–H and O–H groups in total. The fraction of sp³-hybridized carbons (Fsp3) is 0.600. The molecule has 0 aromatic heterocycles. The predicted octanol–water partition coefficient (Wildman–Crippen LogP) is 2.76. The molecule has 0 saturated heterocycles. The lowest BCUT2D eigenvalue weighted by Crippen LogP contribution is -2.18. The Balaban J connectivity index is 1.88. The van der Waals surface area contributed by atoms with Crippen LogP contribution in [0.4, 0.5) is 0 Å². The van der Waals surface area contributed by atoms with Gasteiger partial charge in [-0.1, -0.05) is 30.3 Å². The topological polar surface area (TPSA) is 32.3 Å². The van der Waals surface area contributed by atoms with Gasteiger partial charge in [-0.2, -0.15) is 0 Å². The van der Waals surface area contributed by atoms with Crippen LogP contribution in [-0.2, 0) is 6.42 Å². The van der Waals surface area contributed by atoms with Crippen molar-refractivity contribution < 1.29 is 5.11 Å². The van der Waals surface area contributed by atoms with Gasteiger partial charge >= 0.3 is 0 Å². The molecule has 0 aliphatic carbocycles. The van der Waals surface area contributed by atoms with E-state index < -0.39 is 0 Å². The summed E-state index contributed by atoms with van der Waals surface area (Å²) in [6.07, 6.45) is 5.45. The molecule has 0 radical (unpaired) electrons. The highest BCUT2D eigenvalue weighted by Gasteiger charge is 1.95. The van der Waals surface area contributed by atoms with E-state index in [1.54, 1.807) is 0 Å². The standard InChI is InChI=1S/C15H25NO/c1-14(17)8-7-13-16-12-6-5-11-15-9-3-2-4-10-15/h2-4,9-10,14,16-17H,5-8,11-13H2,1H3. The summed E-state index contributed by atoms with van der Waals surface area (Å²) in [6.45, 7) is 3.96. The van der Waals surface area contributed by atoms with Crippen LogP contribution >= 0.6 is 0 Å². The fourth-order valence-electron chi connectivity index (χ4n) is 1.87. The molecule has 0 bridgehead atoms. The van der Waals surface area contributed by atoms with Crippen LogP contribution in [0.2, 0.25) is 0 Å². The van der Waals surface area contributed by atoms with E-state index in [0.29, 0.717) is 0 Å². The van der Waals surface area contributed by atoms with Crippen LogP contribution in [-0.4, -0.2) is 24.3 Å². The number of hydrogen-bond acceptors (Lipinski definition) is 2. The van der Waals surface area contributed by atoms with E-state index >= 15 is 0 Å². The first-order chi connectivity index (χ1) is 8.29. The molecule has 96 valence electrons. The molecule has 0 amide bonds. The van der Waals surface area contributed by atoms with Crippen LogP contribution in [0, 0.1) is 0 Å². The number of hydrogen-bond donors (Lipinski definition) is 2. The third-order valence-corrected chi connectivity index (χ3v) is 2.89. The maximum Gasteiger partial charge on any atom is 0.0512 e. The Morgan fingerprint density at radius 3 is 2.47 bits per heavy atom. The van der Waals surface area contributed by atoms with Crippen molar-refractivity contribution in [2.75, 3.05) is 13.1 Å². The second-order valence-electron chi connectivity index (χ2n) is 4.68. The monoisotopic (exact) mass is 235 g/mol. The van der Waals surface area contributed by atoms with E-state index in [1.165, 1.54) is 24.8 Å². The highest BCUT2D eigenvalue weighted by molar-refractivity contribution is 5.14. The van der Waals surface area contributed by atoms with Gasteiger partial charge in [-0.05, 0) is 57.7 Å². The smallest absolute Gasteiger partial charge is 0.0512 e. The van der Waals surface area contributed by atoms with Gasteiger partial charge < -0.3 is 10.4 Å². The van der Waals surface area contributed by atoms with Gasteiger partial charge in [0.2, 0.25) is 0 Å².